The van der Waals surface area contributed by atoms with Crippen LogP contribution in [0.4, 0.5) is 0 Å². The number of fused-ring (bicyclic) bond motifs is 2. The van der Waals surface area contributed by atoms with E-state index in [4.69, 9.17) is 9.47 Å². The Kier molecular flexibility index (Phi) is 4.41. The molecule has 1 aromatic rings. The third-order valence-corrected chi connectivity index (χ3v) is 5.53. The van der Waals surface area contributed by atoms with Crippen molar-refractivity contribution in [2.75, 3.05) is 13.2 Å². The lowest BCUT2D eigenvalue weighted by Gasteiger charge is -2.39. The minimum Gasteiger partial charge on any atom is -0.389 e. The molecule has 0 amide bonds. The molecule has 5 atom stereocenters. The molecule has 2 saturated heterocycles. The molecule has 0 spiro atoms. The van der Waals surface area contributed by atoms with Gasteiger partial charge in [0.25, 0.3) is 0 Å². The minimum absolute atomic E-state index is 0.0634. The van der Waals surface area contributed by atoms with E-state index in [0.29, 0.717) is 6.61 Å². The molecule has 1 aromatic heterocycles. The van der Waals surface area contributed by atoms with E-state index in [1.165, 1.54) is 32.1 Å². The summed E-state index contributed by atoms with van der Waals surface area (Å²) in [6, 6.07) is -0.378. The van der Waals surface area contributed by atoms with Crippen LogP contribution in [0.5, 0.6) is 0 Å². The summed E-state index contributed by atoms with van der Waals surface area (Å²) >= 11 is 0. The number of aliphatic hydroxyl groups excluding tert-OH is 1. The van der Waals surface area contributed by atoms with Crippen molar-refractivity contribution in [1.29, 1.82) is 0 Å². The maximum Gasteiger partial charge on any atom is 0.183 e. The second kappa shape index (κ2) is 6.51. The average Bonchev–Trinajstić information content (AvgIpc) is 3.17. The van der Waals surface area contributed by atoms with Crippen LogP contribution in [0, 0.1) is 12.8 Å². The zero-order valence-corrected chi connectivity index (χ0v) is 13.7. The van der Waals surface area contributed by atoms with Crippen molar-refractivity contribution >= 4 is 0 Å². The van der Waals surface area contributed by atoms with Gasteiger partial charge in [-0.2, -0.15) is 5.10 Å². The number of aryl methyl sites for hydroxylation is 1. The van der Waals surface area contributed by atoms with E-state index < -0.39 is 12.4 Å². The first kappa shape index (κ1) is 15.6. The molecular formula is C17H27N3O3. The Morgan fingerprint density at radius 1 is 1.35 bits per heavy atom. The number of aromatic nitrogens is 2. The van der Waals surface area contributed by atoms with Crippen molar-refractivity contribution in [3.8, 4) is 0 Å². The molecule has 3 fully saturated rings. The predicted molar refractivity (Wildman–Crippen MR) is 85.0 cm³/mol. The van der Waals surface area contributed by atoms with Crippen molar-refractivity contribution in [3.63, 3.8) is 0 Å². The molecule has 4 rings (SSSR count). The van der Waals surface area contributed by atoms with Gasteiger partial charge in [0.05, 0.1) is 24.9 Å². The summed E-state index contributed by atoms with van der Waals surface area (Å²) in [7, 11) is 0. The van der Waals surface area contributed by atoms with Gasteiger partial charge in [0.1, 0.15) is 12.1 Å². The second-order valence-corrected chi connectivity index (χ2v) is 7.29. The fourth-order valence-corrected chi connectivity index (χ4v) is 4.22. The van der Waals surface area contributed by atoms with E-state index in [9.17, 15) is 5.11 Å². The highest BCUT2D eigenvalue weighted by Gasteiger charge is 2.51. The summed E-state index contributed by atoms with van der Waals surface area (Å²) in [4.78, 5) is 0. The van der Waals surface area contributed by atoms with E-state index in [1.54, 1.807) is 10.9 Å². The Hall–Kier alpha value is -0.950. The van der Waals surface area contributed by atoms with E-state index >= 15 is 0 Å². The molecule has 2 aliphatic heterocycles. The number of nitrogens with zero attached hydrogens (tertiary/aromatic N) is 2. The predicted octanol–water partition coefficient (Wildman–Crippen LogP) is 1.39. The molecule has 1 aliphatic carbocycles. The lowest BCUT2D eigenvalue weighted by molar-refractivity contribution is -0.168. The van der Waals surface area contributed by atoms with Crippen LogP contribution < -0.4 is 5.32 Å². The van der Waals surface area contributed by atoms with Crippen molar-refractivity contribution in [3.05, 3.63) is 18.0 Å². The maximum atomic E-state index is 10.9. The average molecular weight is 321 g/mol. The van der Waals surface area contributed by atoms with Crippen LogP contribution in [0.25, 0.3) is 0 Å². The summed E-state index contributed by atoms with van der Waals surface area (Å²) < 4.78 is 13.5. The van der Waals surface area contributed by atoms with E-state index in [1.807, 2.05) is 13.1 Å². The molecule has 2 N–H and O–H groups in total. The smallest absolute Gasteiger partial charge is 0.183 e. The first-order valence-corrected chi connectivity index (χ1v) is 8.91. The van der Waals surface area contributed by atoms with Gasteiger partial charge in [-0.3, -0.25) is 4.68 Å². The molecule has 6 nitrogen and oxygen atoms in total. The van der Waals surface area contributed by atoms with Crippen LogP contribution in [0.1, 0.15) is 43.7 Å². The fourth-order valence-electron chi connectivity index (χ4n) is 4.22. The van der Waals surface area contributed by atoms with Crippen molar-refractivity contribution < 1.29 is 14.6 Å². The molecule has 1 saturated carbocycles. The Labute approximate surface area is 137 Å². The maximum absolute atomic E-state index is 10.9. The molecule has 0 aromatic carbocycles. The minimum atomic E-state index is -0.552. The molecule has 0 radical (unpaired) electrons. The van der Waals surface area contributed by atoms with Gasteiger partial charge < -0.3 is 19.9 Å². The Morgan fingerprint density at radius 3 is 2.91 bits per heavy atom. The van der Waals surface area contributed by atoms with E-state index in [2.05, 4.69) is 10.4 Å². The van der Waals surface area contributed by atoms with Crippen LogP contribution in [0.2, 0.25) is 0 Å². The summed E-state index contributed by atoms with van der Waals surface area (Å²) in [5.74, 6) is 0.724. The highest BCUT2D eigenvalue weighted by molar-refractivity contribution is 5.05. The molecule has 3 heterocycles. The van der Waals surface area contributed by atoms with Crippen LogP contribution in [0.15, 0.2) is 12.4 Å². The van der Waals surface area contributed by atoms with Gasteiger partial charge in [-0.1, -0.05) is 19.3 Å². The fraction of sp³-hybridized carbons (Fsp3) is 0.824. The third kappa shape index (κ3) is 3.05. The molecule has 5 unspecified atom stereocenters. The highest BCUT2D eigenvalue weighted by Crippen LogP contribution is 2.35. The number of rotatable bonds is 4. The van der Waals surface area contributed by atoms with Crippen molar-refractivity contribution in [2.24, 2.45) is 5.92 Å². The highest BCUT2D eigenvalue weighted by atomic mass is 16.7. The van der Waals surface area contributed by atoms with Crippen LogP contribution >= 0.6 is 0 Å². The summed E-state index contributed by atoms with van der Waals surface area (Å²) in [6.45, 7) is 3.49. The number of aliphatic hydroxyl groups is 1. The van der Waals surface area contributed by atoms with E-state index in [0.717, 1.165) is 18.0 Å². The molecule has 128 valence electrons. The standard InChI is InChI=1S/C17H27N3O3/c1-11-7-19-20(9-11)15-16(21)14(13-10-22-17(15)23-13)18-8-12-5-3-2-4-6-12/h7,9,12-18,21H,2-6,8,10H2,1H3. The second-order valence-electron chi connectivity index (χ2n) is 7.29. The summed E-state index contributed by atoms with van der Waals surface area (Å²) in [5, 5.41) is 18.9. The Morgan fingerprint density at radius 2 is 2.17 bits per heavy atom. The monoisotopic (exact) mass is 321 g/mol. The quantitative estimate of drug-likeness (QED) is 0.877. The van der Waals surface area contributed by atoms with Gasteiger partial charge in [-0.15, -0.1) is 0 Å². The van der Waals surface area contributed by atoms with Gasteiger partial charge in [-0.25, -0.2) is 0 Å². The summed E-state index contributed by atoms with van der Waals surface area (Å²) in [6.07, 6.45) is 9.35. The van der Waals surface area contributed by atoms with Gasteiger partial charge >= 0.3 is 0 Å². The van der Waals surface area contributed by atoms with Crippen molar-refractivity contribution in [1.82, 2.24) is 15.1 Å². The van der Waals surface area contributed by atoms with Crippen LogP contribution in [0.3, 0.4) is 0 Å². The topological polar surface area (TPSA) is 68.5 Å². The lowest BCUT2D eigenvalue weighted by Crippen LogP contribution is -2.58. The first-order valence-electron chi connectivity index (χ1n) is 8.91. The first-order chi connectivity index (χ1) is 11.2. The third-order valence-electron chi connectivity index (χ3n) is 5.53. The van der Waals surface area contributed by atoms with Gasteiger partial charge in [0.2, 0.25) is 0 Å². The van der Waals surface area contributed by atoms with Crippen LogP contribution in [-0.2, 0) is 9.47 Å². The Balaban J connectivity index is 1.45. The number of hydrogen-bond donors (Lipinski definition) is 2. The van der Waals surface area contributed by atoms with Gasteiger partial charge in [0.15, 0.2) is 6.29 Å². The zero-order valence-electron chi connectivity index (χ0n) is 13.7. The SMILES string of the molecule is Cc1cnn(C2C3OCC(O3)C(NCC3CCCCC3)C2O)c1. The molecule has 23 heavy (non-hydrogen) atoms. The largest absolute Gasteiger partial charge is 0.389 e. The Bertz CT molecular complexity index is 529. The lowest BCUT2D eigenvalue weighted by atomic mass is 9.88. The molecule has 6 heteroatoms. The summed E-state index contributed by atoms with van der Waals surface area (Å²) in [5.41, 5.74) is 1.07. The molecular weight excluding hydrogens is 294 g/mol. The number of hydrogen-bond acceptors (Lipinski definition) is 5. The number of nitrogens with one attached hydrogen (secondary N) is 1. The van der Waals surface area contributed by atoms with Crippen LogP contribution in [-0.4, -0.2) is 52.6 Å². The van der Waals surface area contributed by atoms with Crippen molar-refractivity contribution in [2.45, 2.75) is 69.6 Å². The zero-order chi connectivity index (χ0) is 15.8. The molecule has 2 bridgehead atoms. The normalized spacial score (nSPS) is 38.1. The van der Waals surface area contributed by atoms with Gasteiger partial charge in [0, 0.05) is 6.20 Å². The number of ether oxygens (including phenoxy) is 2. The van der Waals surface area contributed by atoms with Gasteiger partial charge in [-0.05, 0) is 37.8 Å². The van der Waals surface area contributed by atoms with E-state index in [-0.39, 0.29) is 18.2 Å². The molecule has 3 aliphatic rings.